The lowest BCUT2D eigenvalue weighted by Crippen LogP contribution is -2.13. The monoisotopic (exact) mass is 406 g/mol. The summed E-state index contributed by atoms with van der Waals surface area (Å²) in [4.78, 5) is 16.6. The van der Waals surface area contributed by atoms with Crippen molar-refractivity contribution >= 4 is 22.4 Å². The Balaban J connectivity index is 1.45. The SMILES string of the molecule is O=C(Nc1nc(-c2ccc(Cc3ccccc3)cc2)cs1)c1ccc(F)cc1F. The molecule has 1 N–H and O–H groups in total. The highest BCUT2D eigenvalue weighted by Gasteiger charge is 2.14. The van der Waals surface area contributed by atoms with E-state index >= 15 is 0 Å². The van der Waals surface area contributed by atoms with Crippen LogP contribution in [0, 0.1) is 11.6 Å². The van der Waals surface area contributed by atoms with Crippen molar-refractivity contribution in [2.45, 2.75) is 6.42 Å². The number of amides is 1. The Bertz CT molecular complexity index is 1140. The van der Waals surface area contributed by atoms with E-state index in [2.05, 4.69) is 22.4 Å². The summed E-state index contributed by atoms with van der Waals surface area (Å²) in [6, 6.07) is 21.1. The van der Waals surface area contributed by atoms with Gasteiger partial charge in [-0.15, -0.1) is 11.3 Å². The molecule has 0 atom stereocenters. The van der Waals surface area contributed by atoms with Crippen LogP contribution in [0.25, 0.3) is 11.3 Å². The minimum absolute atomic E-state index is 0.228. The zero-order chi connectivity index (χ0) is 20.2. The number of carbonyl (C=O) groups excluding carboxylic acids is 1. The fourth-order valence-electron chi connectivity index (χ4n) is 2.93. The molecule has 3 aromatic carbocycles. The number of nitrogens with one attached hydrogen (secondary N) is 1. The molecule has 0 saturated heterocycles. The summed E-state index contributed by atoms with van der Waals surface area (Å²) in [5.41, 5.74) is 3.85. The first-order valence-electron chi connectivity index (χ1n) is 8.93. The Hall–Kier alpha value is -3.38. The topological polar surface area (TPSA) is 42.0 Å². The quantitative estimate of drug-likeness (QED) is 0.446. The van der Waals surface area contributed by atoms with Crippen LogP contribution in [0.15, 0.2) is 78.2 Å². The molecule has 1 aromatic heterocycles. The molecule has 0 bridgehead atoms. The smallest absolute Gasteiger partial charge is 0.260 e. The van der Waals surface area contributed by atoms with E-state index in [4.69, 9.17) is 0 Å². The van der Waals surface area contributed by atoms with E-state index < -0.39 is 17.5 Å². The van der Waals surface area contributed by atoms with Gasteiger partial charge in [0.15, 0.2) is 5.13 Å². The molecule has 0 saturated carbocycles. The molecular formula is C23H16F2N2OS. The molecule has 0 aliphatic rings. The van der Waals surface area contributed by atoms with Crippen LogP contribution in [-0.4, -0.2) is 10.9 Å². The molecule has 29 heavy (non-hydrogen) atoms. The van der Waals surface area contributed by atoms with Crippen LogP contribution in [-0.2, 0) is 6.42 Å². The van der Waals surface area contributed by atoms with Crippen molar-refractivity contribution in [3.05, 3.63) is 107 Å². The zero-order valence-electron chi connectivity index (χ0n) is 15.2. The summed E-state index contributed by atoms with van der Waals surface area (Å²) >= 11 is 1.24. The van der Waals surface area contributed by atoms with Gasteiger partial charge in [0.25, 0.3) is 5.91 Å². The number of nitrogens with zero attached hydrogens (tertiary/aromatic N) is 1. The Labute approximate surface area is 170 Å². The lowest BCUT2D eigenvalue weighted by molar-refractivity contribution is 0.102. The number of hydrogen-bond donors (Lipinski definition) is 1. The van der Waals surface area contributed by atoms with Crippen LogP contribution < -0.4 is 5.32 Å². The summed E-state index contributed by atoms with van der Waals surface area (Å²) in [6.07, 6.45) is 0.850. The van der Waals surface area contributed by atoms with Crippen LogP contribution in [0.1, 0.15) is 21.5 Å². The van der Waals surface area contributed by atoms with Crippen LogP contribution in [0.5, 0.6) is 0 Å². The van der Waals surface area contributed by atoms with Crippen LogP contribution in [0.2, 0.25) is 0 Å². The van der Waals surface area contributed by atoms with Gasteiger partial charge in [-0.2, -0.15) is 0 Å². The third-order valence-corrected chi connectivity index (χ3v) is 5.16. The zero-order valence-corrected chi connectivity index (χ0v) is 16.0. The van der Waals surface area contributed by atoms with Crippen molar-refractivity contribution in [1.29, 1.82) is 0 Å². The molecule has 4 rings (SSSR count). The lowest BCUT2D eigenvalue weighted by Gasteiger charge is -2.04. The molecular weight excluding hydrogens is 390 g/mol. The van der Waals surface area contributed by atoms with E-state index in [1.165, 1.54) is 22.5 Å². The summed E-state index contributed by atoms with van der Waals surface area (Å²) in [5.74, 6) is -2.30. The molecule has 144 valence electrons. The van der Waals surface area contributed by atoms with E-state index in [1.807, 2.05) is 47.8 Å². The number of carbonyl (C=O) groups is 1. The molecule has 4 aromatic rings. The van der Waals surface area contributed by atoms with E-state index in [1.54, 1.807) is 0 Å². The fraction of sp³-hybridized carbons (Fsp3) is 0.0435. The lowest BCUT2D eigenvalue weighted by atomic mass is 10.0. The van der Waals surface area contributed by atoms with E-state index in [0.717, 1.165) is 29.8 Å². The first kappa shape index (κ1) is 19.0. The molecule has 1 heterocycles. The number of rotatable bonds is 5. The fourth-order valence-corrected chi connectivity index (χ4v) is 3.64. The standard InChI is InChI=1S/C23H16F2N2OS/c24-18-10-11-19(20(25)13-18)22(28)27-23-26-21(14-29-23)17-8-6-16(7-9-17)12-15-4-2-1-3-5-15/h1-11,13-14H,12H2,(H,26,27,28). The van der Waals surface area contributed by atoms with Gasteiger partial charge in [-0.3, -0.25) is 10.1 Å². The Kier molecular flexibility index (Phi) is 5.44. The maximum atomic E-state index is 13.7. The van der Waals surface area contributed by atoms with Gasteiger partial charge in [-0.05, 0) is 29.7 Å². The largest absolute Gasteiger partial charge is 0.298 e. The summed E-state index contributed by atoms with van der Waals surface area (Å²) in [7, 11) is 0. The number of thiazole rings is 1. The molecule has 6 heteroatoms. The van der Waals surface area contributed by atoms with Crippen LogP contribution >= 0.6 is 11.3 Å². The van der Waals surface area contributed by atoms with Gasteiger partial charge < -0.3 is 0 Å². The van der Waals surface area contributed by atoms with Crippen molar-refractivity contribution in [2.75, 3.05) is 5.32 Å². The molecule has 0 spiro atoms. The molecule has 0 aliphatic heterocycles. The molecule has 0 unspecified atom stereocenters. The summed E-state index contributed by atoms with van der Waals surface area (Å²) < 4.78 is 26.7. The van der Waals surface area contributed by atoms with E-state index in [-0.39, 0.29) is 5.56 Å². The average Bonchev–Trinajstić information content (AvgIpc) is 3.17. The van der Waals surface area contributed by atoms with Crippen molar-refractivity contribution in [2.24, 2.45) is 0 Å². The highest BCUT2D eigenvalue weighted by atomic mass is 32.1. The minimum Gasteiger partial charge on any atom is -0.298 e. The van der Waals surface area contributed by atoms with E-state index in [0.29, 0.717) is 11.2 Å². The van der Waals surface area contributed by atoms with Crippen molar-refractivity contribution in [3.63, 3.8) is 0 Å². The van der Waals surface area contributed by atoms with Gasteiger partial charge in [0, 0.05) is 17.0 Å². The minimum atomic E-state index is -0.909. The molecule has 3 nitrogen and oxygen atoms in total. The number of hydrogen-bond acceptors (Lipinski definition) is 3. The number of aromatic nitrogens is 1. The second-order valence-corrected chi connectivity index (χ2v) is 7.33. The Morgan fingerprint density at radius 3 is 2.38 bits per heavy atom. The summed E-state index contributed by atoms with van der Waals surface area (Å²) in [5, 5.41) is 4.73. The first-order chi connectivity index (χ1) is 14.1. The number of anilines is 1. The molecule has 0 radical (unpaired) electrons. The van der Waals surface area contributed by atoms with Gasteiger partial charge in [-0.1, -0.05) is 54.6 Å². The highest BCUT2D eigenvalue weighted by Crippen LogP contribution is 2.26. The van der Waals surface area contributed by atoms with Gasteiger partial charge >= 0.3 is 0 Å². The maximum Gasteiger partial charge on any atom is 0.260 e. The second kappa shape index (κ2) is 8.32. The number of halogens is 2. The average molecular weight is 406 g/mol. The predicted octanol–water partition coefficient (Wildman–Crippen LogP) is 5.93. The molecule has 0 aliphatic carbocycles. The Morgan fingerprint density at radius 2 is 1.66 bits per heavy atom. The first-order valence-corrected chi connectivity index (χ1v) is 9.81. The van der Waals surface area contributed by atoms with Gasteiger partial charge in [0.2, 0.25) is 0 Å². The third-order valence-electron chi connectivity index (χ3n) is 4.40. The van der Waals surface area contributed by atoms with Crippen molar-refractivity contribution in [3.8, 4) is 11.3 Å². The van der Waals surface area contributed by atoms with Crippen LogP contribution in [0.4, 0.5) is 13.9 Å². The second-order valence-electron chi connectivity index (χ2n) is 6.48. The highest BCUT2D eigenvalue weighted by molar-refractivity contribution is 7.14. The van der Waals surface area contributed by atoms with E-state index in [9.17, 15) is 13.6 Å². The number of benzene rings is 3. The third kappa shape index (κ3) is 4.55. The van der Waals surface area contributed by atoms with Crippen molar-refractivity contribution in [1.82, 2.24) is 4.98 Å². The van der Waals surface area contributed by atoms with Gasteiger partial charge in [-0.25, -0.2) is 13.8 Å². The Morgan fingerprint density at radius 1 is 0.931 bits per heavy atom. The predicted molar refractivity (Wildman–Crippen MR) is 111 cm³/mol. The maximum absolute atomic E-state index is 13.7. The molecule has 1 amide bonds. The van der Waals surface area contributed by atoms with Gasteiger partial charge in [0.05, 0.1) is 11.3 Å². The van der Waals surface area contributed by atoms with Crippen molar-refractivity contribution < 1.29 is 13.6 Å². The normalized spacial score (nSPS) is 10.7. The van der Waals surface area contributed by atoms with Crippen LogP contribution in [0.3, 0.4) is 0 Å². The summed E-state index contributed by atoms with van der Waals surface area (Å²) in [6.45, 7) is 0. The van der Waals surface area contributed by atoms with Gasteiger partial charge in [0.1, 0.15) is 11.6 Å². The molecule has 0 fully saturated rings.